The fourth-order valence-electron chi connectivity index (χ4n) is 3.15. The minimum absolute atomic E-state index is 0.0306. The van der Waals surface area contributed by atoms with E-state index < -0.39 is 16.8 Å². The Bertz CT molecular complexity index is 873. The van der Waals surface area contributed by atoms with E-state index in [9.17, 15) is 9.50 Å². The molecule has 2 aromatic rings. The number of aliphatic hydroxyl groups is 1. The number of aliphatic imine (C=N–C) groups is 1. The van der Waals surface area contributed by atoms with Crippen molar-refractivity contribution in [3.63, 3.8) is 0 Å². The van der Waals surface area contributed by atoms with Crippen LogP contribution in [0.4, 0.5) is 10.1 Å². The molecule has 3 rings (SSSR count). The Morgan fingerprint density at radius 3 is 2.50 bits per heavy atom. The lowest BCUT2D eigenvalue weighted by atomic mass is 9.75. The first-order chi connectivity index (χ1) is 11.0. The van der Waals surface area contributed by atoms with E-state index >= 15 is 0 Å². The fourth-order valence-corrected chi connectivity index (χ4v) is 3.49. The number of fused-ring (bicyclic) bond motifs is 1. The van der Waals surface area contributed by atoms with Gasteiger partial charge in [-0.2, -0.15) is 0 Å². The Hall–Kier alpha value is -1.56. The molecule has 7 heteroatoms. The summed E-state index contributed by atoms with van der Waals surface area (Å²) in [4.78, 5) is 12.2. The molecule has 0 aliphatic carbocycles. The molecule has 24 heavy (non-hydrogen) atoms. The van der Waals surface area contributed by atoms with Gasteiger partial charge in [-0.25, -0.2) is 14.4 Å². The van der Waals surface area contributed by atoms with Crippen LogP contribution < -0.4 is 0 Å². The zero-order valence-corrected chi connectivity index (χ0v) is 15.2. The molecule has 0 atom stereocenters. The summed E-state index contributed by atoms with van der Waals surface area (Å²) in [7, 11) is 0. The van der Waals surface area contributed by atoms with Crippen LogP contribution in [0.1, 0.15) is 33.3 Å². The molecular weight excluding hydrogens is 352 g/mol. The lowest BCUT2D eigenvalue weighted by Crippen LogP contribution is -2.42. The molecule has 1 N–H and O–H groups in total. The van der Waals surface area contributed by atoms with Crippen LogP contribution in [-0.2, 0) is 5.41 Å². The summed E-state index contributed by atoms with van der Waals surface area (Å²) in [6.45, 7) is 7.07. The van der Waals surface area contributed by atoms with Crippen LogP contribution in [0.3, 0.4) is 0 Å². The average molecular weight is 368 g/mol. The lowest BCUT2D eigenvalue weighted by molar-refractivity contribution is 0.147. The molecule has 0 saturated heterocycles. The molecule has 0 unspecified atom stereocenters. The minimum atomic E-state index is -1.16. The van der Waals surface area contributed by atoms with Gasteiger partial charge in [-0.15, -0.1) is 0 Å². The van der Waals surface area contributed by atoms with Crippen LogP contribution in [-0.4, -0.2) is 26.4 Å². The summed E-state index contributed by atoms with van der Waals surface area (Å²) in [6.07, 6.45) is 1.38. The molecule has 0 spiro atoms. The molecular formula is C17H16Cl2FN3O. The van der Waals surface area contributed by atoms with E-state index in [0.29, 0.717) is 22.5 Å². The van der Waals surface area contributed by atoms with Crippen molar-refractivity contribution in [1.82, 2.24) is 9.97 Å². The van der Waals surface area contributed by atoms with Crippen molar-refractivity contribution in [3.8, 4) is 11.3 Å². The van der Waals surface area contributed by atoms with Crippen LogP contribution in [0.2, 0.25) is 10.3 Å². The highest BCUT2D eigenvalue weighted by Gasteiger charge is 2.43. The normalized spacial score (nSPS) is 16.1. The molecule has 4 nitrogen and oxygen atoms in total. The first-order valence-electron chi connectivity index (χ1n) is 7.36. The van der Waals surface area contributed by atoms with Crippen molar-refractivity contribution in [3.05, 3.63) is 40.0 Å². The summed E-state index contributed by atoms with van der Waals surface area (Å²) in [6, 6.07) is 3.10. The van der Waals surface area contributed by atoms with Crippen molar-refractivity contribution >= 4 is 34.6 Å². The number of hydrogen-bond acceptors (Lipinski definition) is 4. The average Bonchev–Trinajstić information content (AvgIpc) is 2.74. The molecule has 1 aromatic carbocycles. The summed E-state index contributed by atoms with van der Waals surface area (Å²) in [5, 5.41) is 10.7. The molecule has 0 radical (unpaired) electrons. The van der Waals surface area contributed by atoms with Crippen molar-refractivity contribution < 1.29 is 9.50 Å². The zero-order valence-electron chi connectivity index (χ0n) is 13.7. The smallest absolute Gasteiger partial charge is 0.222 e. The van der Waals surface area contributed by atoms with Gasteiger partial charge in [0.25, 0.3) is 0 Å². The number of hydrogen-bond donors (Lipinski definition) is 1. The van der Waals surface area contributed by atoms with E-state index in [2.05, 4.69) is 15.0 Å². The topological polar surface area (TPSA) is 58.4 Å². The zero-order chi connectivity index (χ0) is 17.9. The molecule has 1 aliphatic heterocycles. The first kappa shape index (κ1) is 17.3. The molecule has 1 aliphatic rings. The van der Waals surface area contributed by atoms with Crippen molar-refractivity contribution in [2.45, 2.75) is 38.7 Å². The standard InChI is InChI=1S/C17H16Cl2FN3O/c1-16(2)9-5-8(12-10(18)7-21-15(19)23-12)6-11(20)13(9)22-14(16)17(3,4)24/h5-7,24H,1-4H3. The van der Waals surface area contributed by atoms with Gasteiger partial charge in [0.05, 0.1) is 28.2 Å². The third-order valence-electron chi connectivity index (χ3n) is 4.12. The van der Waals surface area contributed by atoms with Gasteiger partial charge in [0.2, 0.25) is 5.28 Å². The van der Waals surface area contributed by atoms with E-state index in [1.165, 1.54) is 12.3 Å². The maximum atomic E-state index is 14.7. The Balaban J connectivity index is 2.21. The van der Waals surface area contributed by atoms with Crippen LogP contribution >= 0.6 is 23.2 Å². The van der Waals surface area contributed by atoms with Crippen molar-refractivity contribution in [2.75, 3.05) is 0 Å². The Morgan fingerprint density at radius 2 is 1.88 bits per heavy atom. The maximum Gasteiger partial charge on any atom is 0.222 e. The van der Waals surface area contributed by atoms with E-state index in [-0.39, 0.29) is 16.0 Å². The maximum absolute atomic E-state index is 14.7. The summed E-state index contributed by atoms with van der Waals surface area (Å²) in [5.74, 6) is -0.499. The second kappa shape index (κ2) is 5.48. The van der Waals surface area contributed by atoms with E-state index in [1.807, 2.05) is 13.8 Å². The van der Waals surface area contributed by atoms with Crippen molar-refractivity contribution in [1.29, 1.82) is 0 Å². The molecule has 2 heterocycles. The summed E-state index contributed by atoms with van der Waals surface area (Å²) < 4.78 is 14.7. The quantitative estimate of drug-likeness (QED) is 0.780. The second-order valence-electron chi connectivity index (χ2n) is 6.83. The number of aromatic nitrogens is 2. The number of benzene rings is 1. The third-order valence-corrected chi connectivity index (χ3v) is 4.58. The van der Waals surface area contributed by atoms with Crippen LogP contribution in [0.25, 0.3) is 11.3 Å². The number of nitrogens with zero attached hydrogens (tertiary/aromatic N) is 3. The Morgan fingerprint density at radius 1 is 1.21 bits per heavy atom. The third kappa shape index (κ3) is 2.70. The van der Waals surface area contributed by atoms with E-state index in [0.717, 1.165) is 0 Å². The molecule has 0 saturated carbocycles. The predicted octanol–water partition coefficient (Wildman–Crippen LogP) is 4.72. The highest BCUT2D eigenvalue weighted by atomic mass is 35.5. The fraction of sp³-hybridized carbons (Fsp3) is 0.353. The molecule has 0 amide bonds. The van der Waals surface area contributed by atoms with Gasteiger partial charge < -0.3 is 5.11 Å². The number of rotatable bonds is 2. The molecule has 0 bridgehead atoms. The van der Waals surface area contributed by atoms with Gasteiger partial charge in [0.15, 0.2) is 0 Å². The first-order valence-corrected chi connectivity index (χ1v) is 8.12. The van der Waals surface area contributed by atoms with Crippen LogP contribution in [0.15, 0.2) is 23.3 Å². The SMILES string of the molecule is CC(C)(O)C1=Nc2c(F)cc(-c3nc(Cl)ncc3Cl)cc2C1(C)C. The van der Waals surface area contributed by atoms with Gasteiger partial charge in [0.1, 0.15) is 11.5 Å². The second-order valence-corrected chi connectivity index (χ2v) is 7.58. The monoisotopic (exact) mass is 367 g/mol. The van der Waals surface area contributed by atoms with Gasteiger partial charge in [0, 0.05) is 11.0 Å². The van der Waals surface area contributed by atoms with Crippen LogP contribution in [0.5, 0.6) is 0 Å². The van der Waals surface area contributed by atoms with E-state index in [1.54, 1.807) is 19.9 Å². The van der Waals surface area contributed by atoms with Gasteiger partial charge in [-0.1, -0.05) is 25.4 Å². The number of halogens is 3. The van der Waals surface area contributed by atoms with Gasteiger partial charge >= 0.3 is 0 Å². The predicted molar refractivity (Wildman–Crippen MR) is 93.9 cm³/mol. The Kier molecular flexibility index (Phi) is 3.94. The van der Waals surface area contributed by atoms with E-state index in [4.69, 9.17) is 23.2 Å². The Labute approximate surface area is 149 Å². The van der Waals surface area contributed by atoms with Crippen molar-refractivity contribution in [2.24, 2.45) is 4.99 Å². The van der Waals surface area contributed by atoms with Crippen LogP contribution in [0, 0.1) is 5.82 Å². The largest absolute Gasteiger partial charge is 0.384 e. The van der Waals surface area contributed by atoms with Gasteiger partial charge in [-0.3, -0.25) is 4.99 Å². The molecule has 126 valence electrons. The lowest BCUT2D eigenvalue weighted by Gasteiger charge is -2.30. The minimum Gasteiger partial charge on any atom is -0.384 e. The summed E-state index contributed by atoms with van der Waals surface area (Å²) >= 11 is 12.0. The summed E-state index contributed by atoms with van der Waals surface area (Å²) in [5.41, 5.74) is 0.454. The molecule has 0 fully saturated rings. The highest BCUT2D eigenvalue weighted by Crippen LogP contribution is 2.46. The van der Waals surface area contributed by atoms with Gasteiger partial charge in [-0.05, 0) is 43.1 Å². The molecule has 1 aromatic heterocycles. The highest BCUT2D eigenvalue weighted by molar-refractivity contribution is 6.33.